The molecule has 310 valence electrons. The van der Waals surface area contributed by atoms with E-state index in [2.05, 4.69) is 5.16 Å². The van der Waals surface area contributed by atoms with Gasteiger partial charge in [0.25, 0.3) is 10.1 Å². The number of alkyl halides is 6. The van der Waals surface area contributed by atoms with Crippen molar-refractivity contribution in [1.82, 2.24) is 0 Å². The molecule has 57 heavy (non-hydrogen) atoms. The van der Waals surface area contributed by atoms with E-state index in [0.29, 0.717) is 36.8 Å². The Morgan fingerprint density at radius 2 is 1.30 bits per heavy atom. The normalized spacial score (nSPS) is 13.6. The van der Waals surface area contributed by atoms with Crippen molar-refractivity contribution in [3.05, 3.63) is 113 Å². The number of benzene rings is 4. The zero-order chi connectivity index (χ0) is 42.0. The molecule has 0 saturated heterocycles. The maximum Gasteiger partial charge on any atom is 0.437 e. The SMILES string of the molecule is CCCCS(=O)(=O)O.CCCCS(=O)(=O)c1c(C(c2ccc(OCCCOc3ccc(C(=NO)C(F)(F)F)cc3)cc2)C(F)(F)F)ccc2c1Cc1ccccc1-2. The maximum absolute atomic E-state index is 14.9. The summed E-state index contributed by atoms with van der Waals surface area (Å²) < 4.78 is 150. The van der Waals surface area contributed by atoms with Crippen LogP contribution < -0.4 is 9.47 Å². The number of hydrogen-bond acceptors (Lipinski definition) is 8. The fraction of sp³-hybridized carbons (Fsp3) is 0.375. The Labute approximate surface area is 328 Å². The molecule has 4 aromatic carbocycles. The van der Waals surface area contributed by atoms with E-state index in [1.165, 1.54) is 42.5 Å². The van der Waals surface area contributed by atoms with Crippen LogP contribution in [-0.2, 0) is 26.4 Å². The summed E-state index contributed by atoms with van der Waals surface area (Å²) in [5, 5.41) is 11.0. The second kappa shape index (κ2) is 19.2. The molecule has 5 rings (SSSR count). The Kier molecular flexibility index (Phi) is 15.2. The highest BCUT2D eigenvalue weighted by atomic mass is 32.2. The first-order chi connectivity index (χ1) is 26.8. The van der Waals surface area contributed by atoms with Crippen LogP contribution in [0, 0.1) is 0 Å². The minimum absolute atomic E-state index is 0.108. The monoisotopic (exact) mass is 843 g/mol. The molecule has 0 aliphatic heterocycles. The van der Waals surface area contributed by atoms with E-state index in [9.17, 15) is 43.2 Å². The van der Waals surface area contributed by atoms with Gasteiger partial charge in [-0.3, -0.25) is 4.55 Å². The predicted octanol–water partition coefficient (Wildman–Crippen LogP) is 9.79. The van der Waals surface area contributed by atoms with Crippen LogP contribution >= 0.6 is 0 Å². The van der Waals surface area contributed by atoms with E-state index in [1.54, 1.807) is 6.07 Å². The molecule has 0 heterocycles. The van der Waals surface area contributed by atoms with E-state index in [0.717, 1.165) is 29.7 Å². The standard InChI is InChI=1S/C36H33F6NO5S.C4H10O3S/c1-2-3-21-49(45,46)33-30(18-17-29-28-8-5-4-7-25(28)22-31(29)33)32(35(37,38)39)23-9-13-26(14-10-23)47-19-6-20-48-27-15-11-24(12-16-27)34(43-44)36(40,41)42;1-2-3-4-8(5,6)7/h4-5,7-18,32,44H,2-3,6,19-22H2,1H3;2-4H2,1H3,(H,5,6,7). The van der Waals surface area contributed by atoms with Crippen LogP contribution in [0.1, 0.15) is 79.7 Å². The molecule has 0 aromatic heterocycles. The van der Waals surface area contributed by atoms with E-state index >= 15 is 0 Å². The summed E-state index contributed by atoms with van der Waals surface area (Å²) in [5.41, 5.74) is 0.508. The molecule has 1 aliphatic rings. The third kappa shape index (κ3) is 12.2. The van der Waals surface area contributed by atoms with Crippen molar-refractivity contribution in [3.8, 4) is 22.6 Å². The number of hydrogen-bond donors (Lipinski definition) is 2. The lowest BCUT2D eigenvalue weighted by Gasteiger charge is -2.25. The third-order valence-electron chi connectivity index (χ3n) is 8.97. The molecule has 1 atom stereocenters. The number of halogens is 6. The van der Waals surface area contributed by atoms with Crippen molar-refractivity contribution in [3.63, 3.8) is 0 Å². The first kappa shape index (κ1) is 45.1. The lowest BCUT2D eigenvalue weighted by Crippen LogP contribution is -2.25. The number of oxime groups is 1. The Bertz CT molecular complexity index is 2210. The summed E-state index contributed by atoms with van der Waals surface area (Å²) in [7, 11) is -7.75. The van der Waals surface area contributed by atoms with Crippen molar-refractivity contribution in [2.24, 2.45) is 5.16 Å². The number of nitrogens with zero attached hydrogens (tertiary/aromatic N) is 1. The molecule has 0 saturated carbocycles. The zero-order valence-corrected chi connectivity index (χ0v) is 32.7. The average Bonchev–Trinajstić information content (AvgIpc) is 3.52. The van der Waals surface area contributed by atoms with Gasteiger partial charge in [-0.15, -0.1) is 0 Å². The molecule has 1 aliphatic carbocycles. The van der Waals surface area contributed by atoms with Gasteiger partial charge in [0.2, 0.25) is 0 Å². The molecular weight excluding hydrogens is 801 g/mol. The molecule has 0 bridgehead atoms. The highest BCUT2D eigenvalue weighted by Crippen LogP contribution is 2.48. The van der Waals surface area contributed by atoms with E-state index < -0.39 is 43.9 Å². The second-order valence-corrected chi connectivity index (χ2v) is 16.8. The molecule has 2 N–H and O–H groups in total. The lowest BCUT2D eigenvalue weighted by atomic mass is 9.88. The molecule has 0 radical (unpaired) electrons. The maximum atomic E-state index is 14.9. The largest absolute Gasteiger partial charge is 0.493 e. The van der Waals surface area contributed by atoms with Crippen molar-refractivity contribution in [2.45, 2.75) is 75.5 Å². The van der Waals surface area contributed by atoms with Crippen LogP contribution in [0.2, 0.25) is 0 Å². The summed E-state index contributed by atoms with van der Waals surface area (Å²) in [4.78, 5) is -0.241. The van der Waals surface area contributed by atoms with Gasteiger partial charge in [-0.25, -0.2) is 8.42 Å². The molecule has 0 fully saturated rings. The average molecular weight is 844 g/mol. The summed E-state index contributed by atoms with van der Waals surface area (Å²) in [6.07, 6.45) is -6.83. The molecule has 0 amide bonds. The summed E-state index contributed by atoms with van der Waals surface area (Å²) in [6, 6.07) is 20.4. The number of sulfone groups is 1. The number of fused-ring (bicyclic) bond motifs is 3. The first-order valence-electron chi connectivity index (χ1n) is 18.0. The molecule has 1 unspecified atom stereocenters. The molecule has 4 aromatic rings. The minimum Gasteiger partial charge on any atom is -0.493 e. The van der Waals surface area contributed by atoms with Crippen LogP contribution in [0.3, 0.4) is 0 Å². The number of unbranched alkanes of at least 4 members (excludes halogenated alkanes) is 2. The molecule has 17 heteroatoms. The van der Waals surface area contributed by atoms with Crippen molar-refractivity contribution in [2.75, 3.05) is 24.7 Å². The van der Waals surface area contributed by atoms with Crippen LogP contribution in [-0.4, -0.2) is 69.4 Å². The first-order valence-corrected chi connectivity index (χ1v) is 21.3. The quantitative estimate of drug-likeness (QED) is 0.0250. The van der Waals surface area contributed by atoms with Gasteiger partial charge in [0.05, 0.1) is 29.6 Å². The van der Waals surface area contributed by atoms with Gasteiger partial charge in [-0.1, -0.05) is 80.4 Å². The van der Waals surface area contributed by atoms with Gasteiger partial charge in [0, 0.05) is 12.0 Å². The van der Waals surface area contributed by atoms with Gasteiger partial charge in [-0.2, -0.15) is 34.8 Å². The Morgan fingerprint density at radius 3 is 1.81 bits per heavy atom. The third-order valence-corrected chi connectivity index (χ3v) is 11.7. The van der Waals surface area contributed by atoms with Gasteiger partial charge in [0.1, 0.15) is 17.4 Å². The van der Waals surface area contributed by atoms with Crippen LogP contribution in [0.4, 0.5) is 26.3 Å². The summed E-state index contributed by atoms with van der Waals surface area (Å²) >= 11 is 0. The Hall–Kier alpha value is -4.61. The van der Waals surface area contributed by atoms with Gasteiger partial charge >= 0.3 is 12.4 Å². The fourth-order valence-corrected chi connectivity index (χ4v) is 8.92. The minimum atomic E-state index is -4.83. The molecular formula is C40H43F6NO8S2. The van der Waals surface area contributed by atoms with Crippen LogP contribution in [0.15, 0.2) is 95.0 Å². The van der Waals surface area contributed by atoms with Gasteiger partial charge < -0.3 is 14.7 Å². The topological polar surface area (TPSA) is 140 Å². The van der Waals surface area contributed by atoms with Crippen LogP contribution in [0.5, 0.6) is 11.5 Å². The Balaban J connectivity index is 0.000000812. The predicted molar refractivity (Wildman–Crippen MR) is 204 cm³/mol. The van der Waals surface area contributed by atoms with E-state index in [1.807, 2.05) is 38.1 Å². The highest BCUT2D eigenvalue weighted by Gasteiger charge is 2.45. The molecule has 0 spiro atoms. The van der Waals surface area contributed by atoms with Gasteiger partial charge in [0.15, 0.2) is 15.5 Å². The van der Waals surface area contributed by atoms with Crippen molar-refractivity contribution < 1.29 is 62.4 Å². The second-order valence-electron chi connectivity index (χ2n) is 13.2. The summed E-state index contributed by atoms with van der Waals surface area (Å²) in [6.45, 7) is 3.95. The lowest BCUT2D eigenvalue weighted by molar-refractivity contribution is -0.141. The van der Waals surface area contributed by atoms with E-state index in [-0.39, 0.29) is 64.2 Å². The Morgan fingerprint density at radius 1 is 0.737 bits per heavy atom. The summed E-state index contributed by atoms with van der Waals surface area (Å²) in [5.74, 6) is -2.00. The van der Waals surface area contributed by atoms with E-state index in [4.69, 9.17) is 19.2 Å². The zero-order valence-electron chi connectivity index (χ0n) is 31.1. The number of ether oxygens (including phenoxy) is 2. The fourth-order valence-electron chi connectivity index (χ4n) is 6.29. The van der Waals surface area contributed by atoms with Crippen molar-refractivity contribution >= 4 is 25.7 Å². The van der Waals surface area contributed by atoms with Crippen LogP contribution in [0.25, 0.3) is 11.1 Å². The smallest absolute Gasteiger partial charge is 0.437 e. The highest BCUT2D eigenvalue weighted by molar-refractivity contribution is 7.91. The number of rotatable bonds is 16. The van der Waals surface area contributed by atoms with Gasteiger partial charge in [-0.05, 0) is 89.0 Å². The van der Waals surface area contributed by atoms with Crippen molar-refractivity contribution in [1.29, 1.82) is 0 Å². The molecule has 9 nitrogen and oxygen atoms in total.